The molecule has 1 amide bonds. The number of anilines is 1. The van der Waals surface area contributed by atoms with Gasteiger partial charge in [-0.25, -0.2) is 0 Å². The van der Waals surface area contributed by atoms with Gasteiger partial charge in [0.1, 0.15) is 0 Å². The first-order valence-electron chi connectivity index (χ1n) is 6.33. The van der Waals surface area contributed by atoms with Gasteiger partial charge in [-0.05, 0) is 36.9 Å². The second-order valence-corrected chi connectivity index (χ2v) is 4.10. The van der Waals surface area contributed by atoms with Crippen LogP contribution in [0.25, 0.3) is 0 Å². The Bertz CT molecular complexity index is 352. The Hall–Kier alpha value is -1.35. The summed E-state index contributed by atoms with van der Waals surface area (Å²) >= 11 is 0. The zero-order valence-electron chi connectivity index (χ0n) is 10.8. The van der Waals surface area contributed by atoms with Crippen LogP contribution in [0.5, 0.6) is 0 Å². The van der Waals surface area contributed by atoms with Crippen LogP contribution in [0.1, 0.15) is 37.8 Å². The third-order valence-corrected chi connectivity index (χ3v) is 2.87. The lowest BCUT2D eigenvalue weighted by atomic mass is 10.0. The minimum absolute atomic E-state index is 0.0612. The molecule has 0 saturated carbocycles. The van der Waals surface area contributed by atoms with Crippen molar-refractivity contribution in [1.29, 1.82) is 0 Å². The van der Waals surface area contributed by atoms with E-state index in [1.54, 1.807) is 0 Å². The Kier molecular flexibility index (Phi) is 5.70. The molecule has 0 atom stereocenters. The van der Waals surface area contributed by atoms with Crippen molar-refractivity contribution in [1.82, 2.24) is 0 Å². The molecular weight excluding hydrogens is 212 g/mol. The number of hydrogen-bond donors (Lipinski definition) is 2. The molecule has 0 saturated heterocycles. The molecule has 0 aliphatic heterocycles. The quantitative estimate of drug-likeness (QED) is 0.794. The molecule has 3 nitrogen and oxygen atoms in total. The van der Waals surface area contributed by atoms with Gasteiger partial charge in [0.25, 0.3) is 0 Å². The molecule has 0 bridgehead atoms. The standard InChI is InChI=1S/C14H22N2O/c1-3-11-7-5-8-12(4-2)14(11)16-13(17)9-6-10-15/h5,7-8H,3-4,6,9-10,15H2,1-2H3,(H,16,17). The molecule has 3 N–H and O–H groups in total. The number of nitrogens with one attached hydrogen (secondary N) is 1. The fourth-order valence-corrected chi connectivity index (χ4v) is 1.87. The lowest BCUT2D eigenvalue weighted by Gasteiger charge is -2.14. The number of rotatable bonds is 6. The van der Waals surface area contributed by atoms with Gasteiger partial charge in [0.05, 0.1) is 0 Å². The number of carbonyl (C=O) groups excluding carboxylic acids is 1. The van der Waals surface area contributed by atoms with E-state index in [9.17, 15) is 4.79 Å². The van der Waals surface area contributed by atoms with Crippen LogP contribution in [0, 0.1) is 0 Å². The van der Waals surface area contributed by atoms with Crippen molar-refractivity contribution in [3.05, 3.63) is 29.3 Å². The maximum absolute atomic E-state index is 11.7. The summed E-state index contributed by atoms with van der Waals surface area (Å²) in [5.41, 5.74) is 8.80. The second kappa shape index (κ2) is 7.07. The van der Waals surface area contributed by atoms with Crippen LogP contribution in [0.3, 0.4) is 0 Å². The molecule has 0 spiro atoms. The van der Waals surface area contributed by atoms with Gasteiger partial charge in [-0.15, -0.1) is 0 Å². The molecule has 0 aliphatic carbocycles. The summed E-state index contributed by atoms with van der Waals surface area (Å²) in [7, 11) is 0. The Morgan fingerprint density at radius 2 is 1.82 bits per heavy atom. The zero-order valence-corrected chi connectivity index (χ0v) is 10.8. The topological polar surface area (TPSA) is 55.1 Å². The number of nitrogens with two attached hydrogens (primary N) is 1. The van der Waals surface area contributed by atoms with Gasteiger partial charge in [0.15, 0.2) is 0 Å². The maximum Gasteiger partial charge on any atom is 0.224 e. The Balaban J connectivity index is 2.83. The van der Waals surface area contributed by atoms with Gasteiger partial charge in [0.2, 0.25) is 5.91 Å². The second-order valence-electron chi connectivity index (χ2n) is 4.10. The van der Waals surface area contributed by atoms with Crippen LogP contribution in [0.15, 0.2) is 18.2 Å². The van der Waals surface area contributed by atoms with Crippen molar-refractivity contribution >= 4 is 11.6 Å². The van der Waals surface area contributed by atoms with E-state index < -0.39 is 0 Å². The van der Waals surface area contributed by atoms with E-state index in [4.69, 9.17) is 5.73 Å². The summed E-state index contributed by atoms with van der Waals surface area (Å²) in [6, 6.07) is 6.18. The molecule has 0 radical (unpaired) electrons. The third-order valence-electron chi connectivity index (χ3n) is 2.87. The first-order valence-corrected chi connectivity index (χ1v) is 6.33. The molecule has 0 unspecified atom stereocenters. The van der Waals surface area contributed by atoms with Crippen molar-refractivity contribution in [3.8, 4) is 0 Å². The van der Waals surface area contributed by atoms with Crippen LogP contribution >= 0.6 is 0 Å². The van der Waals surface area contributed by atoms with E-state index in [2.05, 4.69) is 31.3 Å². The molecule has 94 valence electrons. The number of benzene rings is 1. The summed E-state index contributed by atoms with van der Waals surface area (Å²) in [4.78, 5) is 11.7. The van der Waals surface area contributed by atoms with Gasteiger partial charge in [0, 0.05) is 12.1 Å². The number of hydrogen-bond acceptors (Lipinski definition) is 2. The minimum atomic E-state index is 0.0612. The van der Waals surface area contributed by atoms with E-state index in [-0.39, 0.29) is 5.91 Å². The summed E-state index contributed by atoms with van der Waals surface area (Å²) in [5, 5.41) is 3.02. The number of para-hydroxylation sites is 1. The molecule has 1 aromatic rings. The summed E-state index contributed by atoms with van der Waals surface area (Å²) in [6.45, 7) is 4.76. The fraction of sp³-hybridized carbons (Fsp3) is 0.500. The highest BCUT2D eigenvalue weighted by atomic mass is 16.1. The largest absolute Gasteiger partial charge is 0.330 e. The lowest BCUT2D eigenvalue weighted by Crippen LogP contribution is -2.15. The van der Waals surface area contributed by atoms with Gasteiger partial charge in [-0.2, -0.15) is 0 Å². The van der Waals surface area contributed by atoms with Gasteiger partial charge in [-0.1, -0.05) is 32.0 Å². The van der Waals surface area contributed by atoms with Crippen molar-refractivity contribution in [2.45, 2.75) is 39.5 Å². The van der Waals surface area contributed by atoms with Crippen LogP contribution in [0.4, 0.5) is 5.69 Å². The van der Waals surface area contributed by atoms with Gasteiger partial charge < -0.3 is 11.1 Å². The molecule has 1 aromatic carbocycles. The summed E-state index contributed by atoms with van der Waals surface area (Å²) in [5.74, 6) is 0.0612. The average molecular weight is 234 g/mol. The maximum atomic E-state index is 11.7. The van der Waals surface area contributed by atoms with Crippen LogP contribution < -0.4 is 11.1 Å². The van der Waals surface area contributed by atoms with Crippen molar-refractivity contribution in [2.75, 3.05) is 11.9 Å². The van der Waals surface area contributed by atoms with E-state index in [1.807, 2.05) is 6.07 Å². The van der Waals surface area contributed by atoms with Crippen LogP contribution in [0.2, 0.25) is 0 Å². The van der Waals surface area contributed by atoms with Crippen LogP contribution in [-0.2, 0) is 17.6 Å². The Morgan fingerprint density at radius 3 is 2.29 bits per heavy atom. The van der Waals surface area contributed by atoms with E-state index in [0.29, 0.717) is 13.0 Å². The van der Waals surface area contributed by atoms with E-state index >= 15 is 0 Å². The van der Waals surface area contributed by atoms with Crippen molar-refractivity contribution in [3.63, 3.8) is 0 Å². The Labute approximate surface area is 103 Å². The number of carbonyl (C=O) groups is 1. The average Bonchev–Trinajstić information content (AvgIpc) is 2.36. The van der Waals surface area contributed by atoms with Gasteiger partial charge >= 0.3 is 0 Å². The predicted octanol–water partition coefficient (Wildman–Crippen LogP) is 2.49. The molecule has 0 aromatic heterocycles. The van der Waals surface area contributed by atoms with Crippen LogP contribution in [-0.4, -0.2) is 12.5 Å². The number of amides is 1. The van der Waals surface area contributed by atoms with Crippen molar-refractivity contribution in [2.24, 2.45) is 5.73 Å². The summed E-state index contributed by atoms with van der Waals surface area (Å²) < 4.78 is 0. The minimum Gasteiger partial charge on any atom is -0.330 e. The Morgan fingerprint density at radius 1 is 1.24 bits per heavy atom. The molecule has 17 heavy (non-hydrogen) atoms. The third kappa shape index (κ3) is 3.86. The monoisotopic (exact) mass is 234 g/mol. The molecule has 1 rings (SSSR count). The number of aryl methyl sites for hydroxylation is 2. The molecular formula is C14H22N2O. The van der Waals surface area contributed by atoms with Crippen molar-refractivity contribution < 1.29 is 4.79 Å². The molecule has 0 heterocycles. The first-order chi connectivity index (χ1) is 8.22. The zero-order chi connectivity index (χ0) is 12.7. The van der Waals surface area contributed by atoms with E-state index in [0.717, 1.165) is 24.9 Å². The SMILES string of the molecule is CCc1cccc(CC)c1NC(=O)CCCN. The first kappa shape index (κ1) is 13.7. The molecule has 0 aliphatic rings. The smallest absolute Gasteiger partial charge is 0.224 e. The predicted molar refractivity (Wildman–Crippen MR) is 72.1 cm³/mol. The highest BCUT2D eigenvalue weighted by Crippen LogP contribution is 2.22. The molecule has 3 heteroatoms. The fourth-order valence-electron chi connectivity index (χ4n) is 1.87. The molecule has 0 fully saturated rings. The van der Waals surface area contributed by atoms with E-state index in [1.165, 1.54) is 11.1 Å². The highest BCUT2D eigenvalue weighted by Gasteiger charge is 2.09. The lowest BCUT2D eigenvalue weighted by molar-refractivity contribution is -0.116. The van der Waals surface area contributed by atoms with Gasteiger partial charge in [-0.3, -0.25) is 4.79 Å². The normalized spacial score (nSPS) is 10.3. The highest BCUT2D eigenvalue weighted by molar-refractivity contribution is 5.92. The summed E-state index contributed by atoms with van der Waals surface area (Å²) in [6.07, 6.45) is 3.10.